The van der Waals surface area contributed by atoms with Gasteiger partial charge in [-0.05, 0) is 18.2 Å². The van der Waals surface area contributed by atoms with Gasteiger partial charge in [0.2, 0.25) is 0 Å². The molecule has 98 valence electrons. The molecule has 0 aliphatic carbocycles. The lowest BCUT2D eigenvalue weighted by Gasteiger charge is -2.21. The van der Waals surface area contributed by atoms with Crippen molar-refractivity contribution >= 4 is 23.2 Å². The van der Waals surface area contributed by atoms with Crippen molar-refractivity contribution in [2.24, 2.45) is 0 Å². The minimum atomic E-state index is -0.152. The molecular weight excluding hydrogens is 252 g/mol. The molecule has 2 N–H and O–H groups in total. The molecule has 0 saturated carbocycles. The Hall–Kier alpha value is -1.52. The number of methoxy groups -OCH3 is 1. The Morgan fingerprint density at radius 3 is 2.89 bits per heavy atom. The molecule has 5 heteroatoms. The lowest BCUT2D eigenvalue weighted by Crippen LogP contribution is -2.34. The van der Waals surface area contributed by atoms with Crippen LogP contribution >= 0.6 is 11.6 Å². The van der Waals surface area contributed by atoms with Crippen LogP contribution < -0.4 is 5.73 Å². The standard InChI is InChI=1S/C13H17ClN2O2/c1-3-6-16(7-8-18-2)13(17)11-5-4-10(14)9-12(11)15/h3-5,9H,1,6-8,15H2,2H3. The molecular formula is C13H17ClN2O2. The van der Waals surface area contributed by atoms with Crippen molar-refractivity contribution in [1.82, 2.24) is 4.90 Å². The smallest absolute Gasteiger partial charge is 0.256 e. The molecule has 18 heavy (non-hydrogen) atoms. The summed E-state index contributed by atoms with van der Waals surface area (Å²) in [5.41, 5.74) is 6.61. The SMILES string of the molecule is C=CCN(CCOC)C(=O)c1ccc(Cl)cc1N. The van der Waals surface area contributed by atoms with Crippen molar-refractivity contribution < 1.29 is 9.53 Å². The van der Waals surface area contributed by atoms with E-state index in [1.807, 2.05) is 0 Å². The summed E-state index contributed by atoms with van der Waals surface area (Å²) in [7, 11) is 1.59. The number of carbonyl (C=O) groups excluding carboxylic acids is 1. The third kappa shape index (κ3) is 3.75. The summed E-state index contributed by atoms with van der Waals surface area (Å²) in [6.45, 7) is 5.04. The molecule has 0 saturated heterocycles. The zero-order valence-electron chi connectivity index (χ0n) is 10.4. The minimum Gasteiger partial charge on any atom is -0.398 e. The van der Waals surface area contributed by atoms with Gasteiger partial charge in [-0.15, -0.1) is 6.58 Å². The topological polar surface area (TPSA) is 55.6 Å². The van der Waals surface area contributed by atoms with Gasteiger partial charge in [0.25, 0.3) is 5.91 Å². The fourth-order valence-electron chi connectivity index (χ4n) is 1.53. The number of benzene rings is 1. The van der Waals surface area contributed by atoms with Crippen LogP contribution in [-0.4, -0.2) is 37.6 Å². The van der Waals surface area contributed by atoms with E-state index in [1.54, 1.807) is 36.3 Å². The largest absolute Gasteiger partial charge is 0.398 e. The van der Waals surface area contributed by atoms with E-state index in [2.05, 4.69) is 6.58 Å². The minimum absolute atomic E-state index is 0.152. The fourth-order valence-corrected chi connectivity index (χ4v) is 1.71. The highest BCUT2D eigenvalue weighted by Crippen LogP contribution is 2.19. The van der Waals surface area contributed by atoms with Gasteiger partial charge >= 0.3 is 0 Å². The van der Waals surface area contributed by atoms with E-state index in [0.29, 0.717) is 36.0 Å². The molecule has 0 aromatic heterocycles. The molecule has 1 aromatic rings. The van der Waals surface area contributed by atoms with Crippen molar-refractivity contribution in [2.75, 3.05) is 32.5 Å². The Morgan fingerprint density at radius 1 is 1.61 bits per heavy atom. The number of nitrogens with two attached hydrogens (primary N) is 1. The predicted octanol–water partition coefficient (Wildman–Crippen LogP) is 2.20. The molecule has 1 rings (SSSR count). The summed E-state index contributed by atoms with van der Waals surface area (Å²) in [6.07, 6.45) is 1.67. The molecule has 0 spiro atoms. The van der Waals surface area contributed by atoms with Gasteiger partial charge in [0, 0.05) is 30.9 Å². The maximum atomic E-state index is 12.3. The summed E-state index contributed by atoms with van der Waals surface area (Å²) in [4.78, 5) is 13.9. The number of hydrogen-bond donors (Lipinski definition) is 1. The Morgan fingerprint density at radius 2 is 2.33 bits per heavy atom. The summed E-state index contributed by atoms with van der Waals surface area (Å²) in [5, 5.41) is 0.510. The van der Waals surface area contributed by atoms with Gasteiger partial charge in [0.05, 0.1) is 12.2 Å². The third-order valence-electron chi connectivity index (χ3n) is 2.45. The van der Waals surface area contributed by atoms with E-state index in [-0.39, 0.29) is 5.91 Å². The normalized spacial score (nSPS) is 10.1. The number of hydrogen-bond acceptors (Lipinski definition) is 3. The summed E-state index contributed by atoms with van der Waals surface area (Å²) >= 11 is 5.80. The monoisotopic (exact) mass is 268 g/mol. The zero-order valence-corrected chi connectivity index (χ0v) is 11.1. The quantitative estimate of drug-likeness (QED) is 0.636. The lowest BCUT2D eigenvalue weighted by atomic mass is 10.1. The molecule has 0 aliphatic heterocycles. The first kappa shape index (κ1) is 14.5. The lowest BCUT2D eigenvalue weighted by molar-refractivity contribution is 0.0719. The number of nitrogens with zero attached hydrogens (tertiary/aromatic N) is 1. The Labute approximate surface area is 112 Å². The predicted molar refractivity (Wildman–Crippen MR) is 73.8 cm³/mol. The second-order valence-electron chi connectivity index (χ2n) is 3.76. The van der Waals surface area contributed by atoms with Crippen LogP contribution in [0.3, 0.4) is 0 Å². The van der Waals surface area contributed by atoms with Gasteiger partial charge in [0.15, 0.2) is 0 Å². The van der Waals surface area contributed by atoms with Crippen LogP contribution in [0.2, 0.25) is 5.02 Å². The van der Waals surface area contributed by atoms with Crippen molar-refractivity contribution in [1.29, 1.82) is 0 Å². The van der Waals surface area contributed by atoms with Crippen LogP contribution in [0.4, 0.5) is 5.69 Å². The second-order valence-corrected chi connectivity index (χ2v) is 4.20. The van der Waals surface area contributed by atoms with Crippen LogP contribution in [0.1, 0.15) is 10.4 Å². The molecule has 0 heterocycles. The van der Waals surface area contributed by atoms with E-state index in [4.69, 9.17) is 22.1 Å². The summed E-state index contributed by atoms with van der Waals surface area (Å²) < 4.78 is 4.97. The first-order valence-electron chi connectivity index (χ1n) is 5.54. The van der Waals surface area contributed by atoms with E-state index in [1.165, 1.54) is 0 Å². The zero-order chi connectivity index (χ0) is 13.5. The van der Waals surface area contributed by atoms with Gasteiger partial charge in [-0.3, -0.25) is 4.79 Å². The first-order chi connectivity index (χ1) is 8.60. The summed E-state index contributed by atoms with van der Waals surface area (Å²) in [5.74, 6) is -0.152. The molecule has 0 unspecified atom stereocenters. The number of nitrogen functional groups attached to an aromatic ring is 1. The third-order valence-corrected chi connectivity index (χ3v) is 2.68. The molecule has 1 amide bonds. The maximum Gasteiger partial charge on any atom is 0.256 e. The van der Waals surface area contributed by atoms with Gasteiger partial charge in [-0.2, -0.15) is 0 Å². The number of ether oxygens (including phenoxy) is 1. The van der Waals surface area contributed by atoms with E-state index in [0.717, 1.165) is 0 Å². The van der Waals surface area contributed by atoms with Gasteiger partial charge in [0.1, 0.15) is 0 Å². The average Bonchev–Trinajstić information content (AvgIpc) is 2.33. The number of anilines is 1. The maximum absolute atomic E-state index is 12.3. The van der Waals surface area contributed by atoms with E-state index in [9.17, 15) is 4.79 Å². The Bertz CT molecular complexity index is 435. The van der Waals surface area contributed by atoms with Gasteiger partial charge < -0.3 is 15.4 Å². The Kier molecular flexibility index (Phi) is 5.68. The number of halogens is 1. The number of amides is 1. The van der Waals surface area contributed by atoms with E-state index < -0.39 is 0 Å². The first-order valence-corrected chi connectivity index (χ1v) is 5.92. The van der Waals surface area contributed by atoms with Gasteiger partial charge in [-0.25, -0.2) is 0 Å². The van der Waals surface area contributed by atoms with Crippen LogP contribution in [0, 0.1) is 0 Å². The fraction of sp³-hybridized carbons (Fsp3) is 0.308. The average molecular weight is 269 g/mol. The Balaban J connectivity index is 2.90. The molecule has 0 bridgehead atoms. The highest BCUT2D eigenvalue weighted by Gasteiger charge is 2.16. The highest BCUT2D eigenvalue weighted by molar-refractivity contribution is 6.31. The summed E-state index contributed by atoms with van der Waals surface area (Å²) in [6, 6.07) is 4.84. The second kappa shape index (κ2) is 7.03. The highest BCUT2D eigenvalue weighted by atomic mass is 35.5. The van der Waals surface area contributed by atoms with Crippen LogP contribution in [0.5, 0.6) is 0 Å². The number of carbonyl (C=O) groups is 1. The van der Waals surface area contributed by atoms with Crippen LogP contribution in [-0.2, 0) is 4.74 Å². The van der Waals surface area contributed by atoms with Crippen molar-refractivity contribution in [3.05, 3.63) is 41.4 Å². The molecule has 0 atom stereocenters. The van der Waals surface area contributed by atoms with E-state index >= 15 is 0 Å². The molecule has 4 nitrogen and oxygen atoms in total. The van der Waals surface area contributed by atoms with Crippen LogP contribution in [0.15, 0.2) is 30.9 Å². The van der Waals surface area contributed by atoms with Crippen molar-refractivity contribution in [3.8, 4) is 0 Å². The molecule has 0 aliphatic rings. The van der Waals surface area contributed by atoms with Gasteiger partial charge in [-0.1, -0.05) is 17.7 Å². The molecule has 1 aromatic carbocycles. The van der Waals surface area contributed by atoms with Crippen molar-refractivity contribution in [3.63, 3.8) is 0 Å². The van der Waals surface area contributed by atoms with Crippen molar-refractivity contribution in [2.45, 2.75) is 0 Å². The molecule has 0 fully saturated rings. The molecule has 0 radical (unpaired) electrons. The van der Waals surface area contributed by atoms with Crippen LogP contribution in [0.25, 0.3) is 0 Å². The number of rotatable bonds is 6.